The number of methoxy groups -OCH3 is 2. The Hall–Kier alpha value is -2.82. The first kappa shape index (κ1) is 18.5. The highest BCUT2D eigenvalue weighted by atomic mass is 16.5. The van der Waals surface area contributed by atoms with Gasteiger partial charge in [-0.15, -0.1) is 0 Å². The lowest BCUT2D eigenvalue weighted by Crippen LogP contribution is -2.36. The minimum atomic E-state index is -0.253. The van der Waals surface area contributed by atoms with Crippen molar-refractivity contribution < 1.29 is 19.1 Å². The lowest BCUT2D eigenvalue weighted by Gasteiger charge is -2.19. The molecule has 1 atom stereocenters. The first-order valence-corrected chi connectivity index (χ1v) is 8.18. The van der Waals surface area contributed by atoms with Gasteiger partial charge in [0.1, 0.15) is 11.5 Å². The number of rotatable bonds is 8. The zero-order valence-electron chi connectivity index (χ0n) is 14.7. The summed E-state index contributed by atoms with van der Waals surface area (Å²) < 4.78 is 10.7. The SMILES string of the molecule is CC[C@H](Cc1cc(OC)ccc1OC)NC(=O)c1ccccc1C=O. The summed E-state index contributed by atoms with van der Waals surface area (Å²) in [6.45, 7) is 2.00. The van der Waals surface area contributed by atoms with Crippen LogP contribution in [0, 0.1) is 0 Å². The summed E-state index contributed by atoms with van der Waals surface area (Å²) in [7, 11) is 3.23. The molecule has 0 radical (unpaired) electrons. The maximum atomic E-state index is 12.5. The third kappa shape index (κ3) is 4.59. The molecule has 0 aliphatic rings. The number of ether oxygens (including phenoxy) is 2. The summed E-state index contributed by atoms with van der Waals surface area (Å²) in [5, 5.41) is 3.00. The molecule has 25 heavy (non-hydrogen) atoms. The topological polar surface area (TPSA) is 64.6 Å². The molecular weight excluding hydrogens is 318 g/mol. The summed E-state index contributed by atoms with van der Waals surface area (Å²) in [5.41, 5.74) is 1.72. The van der Waals surface area contributed by atoms with Crippen LogP contribution in [-0.2, 0) is 6.42 Å². The Bertz CT molecular complexity index is 742. The monoisotopic (exact) mass is 341 g/mol. The molecule has 5 nitrogen and oxygen atoms in total. The van der Waals surface area contributed by atoms with Crippen LogP contribution in [0.2, 0.25) is 0 Å². The van der Waals surface area contributed by atoms with E-state index in [9.17, 15) is 9.59 Å². The smallest absolute Gasteiger partial charge is 0.252 e. The number of benzene rings is 2. The van der Waals surface area contributed by atoms with Gasteiger partial charge in [0.25, 0.3) is 5.91 Å². The molecule has 1 amide bonds. The molecule has 0 aromatic heterocycles. The second-order valence-corrected chi connectivity index (χ2v) is 5.67. The summed E-state index contributed by atoms with van der Waals surface area (Å²) in [6.07, 6.45) is 2.04. The average molecular weight is 341 g/mol. The Morgan fingerprint density at radius 3 is 2.56 bits per heavy atom. The molecule has 2 rings (SSSR count). The molecular formula is C20H23NO4. The maximum absolute atomic E-state index is 12.5. The summed E-state index contributed by atoms with van der Waals surface area (Å²) in [4.78, 5) is 23.7. The zero-order chi connectivity index (χ0) is 18.2. The third-order valence-corrected chi connectivity index (χ3v) is 4.11. The Morgan fingerprint density at radius 2 is 1.92 bits per heavy atom. The van der Waals surface area contributed by atoms with Gasteiger partial charge in [-0.05, 0) is 42.7 Å². The van der Waals surface area contributed by atoms with Gasteiger partial charge in [-0.25, -0.2) is 0 Å². The highest BCUT2D eigenvalue weighted by Crippen LogP contribution is 2.25. The standard InChI is InChI=1S/C20H23NO4/c1-4-16(11-15-12-17(24-2)9-10-19(15)25-3)21-20(23)18-8-6-5-7-14(18)13-22/h5-10,12-13,16H,4,11H2,1-3H3,(H,21,23)/t16-/m1/s1. The van der Waals surface area contributed by atoms with Crippen LogP contribution in [0.15, 0.2) is 42.5 Å². The van der Waals surface area contributed by atoms with E-state index in [1.165, 1.54) is 0 Å². The van der Waals surface area contributed by atoms with Crippen LogP contribution in [0.3, 0.4) is 0 Å². The van der Waals surface area contributed by atoms with Gasteiger partial charge in [-0.2, -0.15) is 0 Å². The summed E-state index contributed by atoms with van der Waals surface area (Å²) >= 11 is 0. The van der Waals surface area contributed by atoms with Gasteiger partial charge in [0.15, 0.2) is 6.29 Å². The molecule has 0 aliphatic carbocycles. The normalized spacial score (nSPS) is 11.5. The zero-order valence-corrected chi connectivity index (χ0v) is 14.7. The van der Waals surface area contributed by atoms with Crippen LogP contribution in [0.25, 0.3) is 0 Å². The van der Waals surface area contributed by atoms with Crippen LogP contribution in [0.5, 0.6) is 11.5 Å². The predicted molar refractivity (Wildman–Crippen MR) is 96.6 cm³/mol. The van der Waals surface area contributed by atoms with Crippen LogP contribution >= 0.6 is 0 Å². The Kier molecular flexibility index (Phi) is 6.57. The lowest BCUT2D eigenvalue weighted by atomic mass is 10.0. The highest BCUT2D eigenvalue weighted by molar-refractivity contribution is 6.01. The summed E-state index contributed by atoms with van der Waals surface area (Å²) in [6, 6.07) is 12.3. The van der Waals surface area contributed by atoms with Gasteiger partial charge in [0.05, 0.1) is 14.2 Å². The number of carbonyl (C=O) groups excluding carboxylic acids is 2. The molecule has 0 bridgehead atoms. The number of aldehydes is 1. The van der Waals surface area contributed by atoms with Crippen LogP contribution in [0.1, 0.15) is 39.6 Å². The molecule has 2 aromatic carbocycles. The molecule has 0 unspecified atom stereocenters. The van der Waals surface area contributed by atoms with E-state index in [-0.39, 0.29) is 11.9 Å². The third-order valence-electron chi connectivity index (χ3n) is 4.11. The Balaban J connectivity index is 2.18. The molecule has 0 spiro atoms. The number of nitrogens with one attached hydrogen (secondary N) is 1. The average Bonchev–Trinajstić information content (AvgIpc) is 2.67. The highest BCUT2D eigenvalue weighted by Gasteiger charge is 2.17. The van der Waals surface area contributed by atoms with Crippen molar-refractivity contribution in [3.05, 3.63) is 59.2 Å². The van der Waals surface area contributed by atoms with Gasteiger partial charge >= 0.3 is 0 Å². The van der Waals surface area contributed by atoms with E-state index in [1.807, 2.05) is 25.1 Å². The van der Waals surface area contributed by atoms with Crippen LogP contribution in [-0.4, -0.2) is 32.5 Å². The van der Waals surface area contributed by atoms with E-state index in [1.54, 1.807) is 38.5 Å². The quantitative estimate of drug-likeness (QED) is 0.749. The van der Waals surface area contributed by atoms with Gasteiger partial charge < -0.3 is 14.8 Å². The van der Waals surface area contributed by atoms with E-state index < -0.39 is 0 Å². The van der Waals surface area contributed by atoms with Crippen molar-refractivity contribution >= 4 is 12.2 Å². The van der Waals surface area contributed by atoms with E-state index >= 15 is 0 Å². The van der Waals surface area contributed by atoms with Gasteiger partial charge in [0.2, 0.25) is 0 Å². The largest absolute Gasteiger partial charge is 0.497 e. The second-order valence-electron chi connectivity index (χ2n) is 5.67. The Labute approximate surface area is 148 Å². The second kappa shape index (κ2) is 8.87. The number of amides is 1. The summed E-state index contributed by atoms with van der Waals surface area (Å²) in [5.74, 6) is 1.24. The van der Waals surface area contributed by atoms with Crippen molar-refractivity contribution in [1.29, 1.82) is 0 Å². The van der Waals surface area contributed by atoms with Crippen molar-refractivity contribution in [2.75, 3.05) is 14.2 Å². The van der Waals surface area contributed by atoms with Gasteiger partial charge in [0, 0.05) is 17.2 Å². The van der Waals surface area contributed by atoms with Gasteiger partial charge in [-0.1, -0.05) is 25.1 Å². The first-order valence-electron chi connectivity index (χ1n) is 8.18. The van der Waals surface area contributed by atoms with Crippen molar-refractivity contribution in [1.82, 2.24) is 5.32 Å². The fourth-order valence-corrected chi connectivity index (χ4v) is 2.67. The van der Waals surface area contributed by atoms with Crippen molar-refractivity contribution in [2.24, 2.45) is 0 Å². The molecule has 0 saturated heterocycles. The molecule has 5 heteroatoms. The van der Waals surface area contributed by atoms with E-state index in [0.717, 1.165) is 23.5 Å². The van der Waals surface area contributed by atoms with Crippen molar-refractivity contribution in [3.8, 4) is 11.5 Å². The van der Waals surface area contributed by atoms with Crippen molar-refractivity contribution in [3.63, 3.8) is 0 Å². The fraction of sp³-hybridized carbons (Fsp3) is 0.300. The van der Waals surface area contributed by atoms with E-state index in [0.29, 0.717) is 23.8 Å². The van der Waals surface area contributed by atoms with E-state index in [2.05, 4.69) is 5.32 Å². The van der Waals surface area contributed by atoms with E-state index in [4.69, 9.17) is 9.47 Å². The Morgan fingerprint density at radius 1 is 1.16 bits per heavy atom. The number of hydrogen-bond donors (Lipinski definition) is 1. The number of hydrogen-bond acceptors (Lipinski definition) is 4. The van der Waals surface area contributed by atoms with Gasteiger partial charge in [-0.3, -0.25) is 9.59 Å². The predicted octanol–water partition coefficient (Wildman–Crippen LogP) is 3.27. The lowest BCUT2D eigenvalue weighted by molar-refractivity contribution is 0.0930. The first-order chi connectivity index (χ1) is 12.1. The molecule has 1 N–H and O–H groups in total. The molecule has 2 aromatic rings. The molecule has 0 heterocycles. The maximum Gasteiger partial charge on any atom is 0.252 e. The minimum absolute atomic E-state index is 0.0896. The molecule has 0 fully saturated rings. The van der Waals surface area contributed by atoms with Crippen molar-refractivity contribution in [2.45, 2.75) is 25.8 Å². The molecule has 132 valence electrons. The number of carbonyl (C=O) groups is 2. The molecule has 0 saturated carbocycles. The van der Waals surface area contributed by atoms with Crippen LogP contribution < -0.4 is 14.8 Å². The van der Waals surface area contributed by atoms with Crippen LogP contribution in [0.4, 0.5) is 0 Å². The molecule has 0 aliphatic heterocycles. The minimum Gasteiger partial charge on any atom is -0.497 e. The fourth-order valence-electron chi connectivity index (χ4n) is 2.67.